The van der Waals surface area contributed by atoms with Gasteiger partial charge in [0, 0.05) is 51.8 Å². The zero-order valence-corrected chi connectivity index (χ0v) is 20.0. The van der Waals surface area contributed by atoms with Crippen molar-refractivity contribution in [2.24, 2.45) is 10.9 Å². The van der Waals surface area contributed by atoms with Crippen molar-refractivity contribution in [3.8, 4) is 0 Å². The molecule has 0 radical (unpaired) electrons. The van der Waals surface area contributed by atoms with Crippen LogP contribution < -0.4 is 10.6 Å². The molecule has 176 valence electrons. The van der Waals surface area contributed by atoms with Crippen molar-refractivity contribution < 1.29 is 27.4 Å². The third-order valence-corrected chi connectivity index (χ3v) is 4.75. The Bertz CT molecular complexity index is 702. The minimum absolute atomic E-state index is 0. The number of alkyl halides is 3. The summed E-state index contributed by atoms with van der Waals surface area (Å²) in [5, 5.41) is 5.88. The summed E-state index contributed by atoms with van der Waals surface area (Å²) >= 11 is 0. The number of benzene rings is 1. The van der Waals surface area contributed by atoms with Crippen molar-refractivity contribution >= 4 is 35.8 Å². The van der Waals surface area contributed by atoms with Gasteiger partial charge in [-0.2, -0.15) is 13.2 Å². The van der Waals surface area contributed by atoms with Gasteiger partial charge in [-0.25, -0.2) is 0 Å². The average Bonchev–Trinajstić information content (AvgIpc) is 3.19. The molecule has 2 rings (SSSR count). The molecule has 1 aliphatic rings. The van der Waals surface area contributed by atoms with Crippen LogP contribution in [0.4, 0.5) is 13.2 Å². The number of aliphatic imine (C=N–C) groups is 1. The monoisotopic (exact) mass is 558 g/mol. The van der Waals surface area contributed by atoms with Gasteiger partial charge in [0.15, 0.2) is 5.96 Å². The fourth-order valence-electron chi connectivity index (χ4n) is 3.15. The van der Waals surface area contributed by atoms with Gasteiger partial charge < -0.3 is 25.0 Å². The molecule has 31 heavy (non-hydrogen) atoms. The highest BCUT2D eigenvalue weighted by Gasteiger charge is 2.30. The van der Waals surface area contributed by atoms with Crippen molar-refractivity contribution in [2.75, 3.05) is 60.2 Å². The zero-order chi connectivity index (χ0) is 22.0. The third kappa shape index (κ3) is 9.19. The molecule has 0 spiro atoms. The van der Waals surface area contributed by atoms with Crippen LogP contribution in [0.2, 0.25) is 0 Å². The summed E-state index contributed by atoms with van der Waals surface area (Å²) in [6, 6.07) is 4.14. The van der Waals surface area contributed by atoms with Gasteiger partial charge in [-0.15, -0.1) is 24.0 Å². The quantitative estimate of drug-likeness (QED) is 0.211. The highest BCUT2D eigenvalue weighted by atomic mass is 127. The van der Waals surface area contributed by atoms with Crippen LogP contribution in [0, 0.1) is 5.92 Å². The van der Waals surface area contributed by atoms with E-state index in [9.17, 15) is 18.0 Å². The van der Waals surface area contributed by atoms with Crippen LogP contribution in [0.15, 0.2) is 29.3 Å². The molecular weight excluding hydrogens is 528 g/mol. The molecule has 1 aromatic rings. The Balaban J connectivity index is 0.00000480. The standard InChI is InChI=1S/C20H29F3N4O3.HI/c1-24-19(27-10-7-15(13-27)14-30-12-11-29-2)26-9-8-25-18(28)16-3-5-17(6-4-16)20(21,22)23;/h3-6,15H,7-14H2,1-2H3,(H,24,26)(H,25,28);1H. The number of likely N-dealkylation sites (tertiary alicyclic amines) is 1. The van der Waals surface area contributed by atoms with E-state index in [1.807, 2.05) is 0 Å². The summed E-state index contributed by atoms with van der Waals surface area (Å²) in [5.41, 5.74) is -0.597. The Labute approximate surface area is 197 Å². The molecule has 1 aliphatic heterocycles. The maximum absolute atomic E-state index is 12.6. The van der Waals surface area contributed by atoms with E-state index in [1.54, 1.807) is 14.2 Å². The van der Waals surface area contributed by atoms with Gasteiger partial charge in [0.25, 0.3) is 5.91 Å². The van der Waals surface area contributed by atoms with Gasteiger partial charge in [0.2, 0.25) is 0 Å². The van der Waals surface area contributed by atoms with E-state index in [0.717, 1.165) is 37.6 Å². The second-order valence-electron chi connectivity index (χ2n) is 6.97. The molecule has 1 heterocycles. The van der Waals surface area contributed by atoms with Crippen LogP contribution in [0.25, 0.3) is 0 Å². The van der Waals surface area contributed by atoms with Crippen molar-refractivity contribution in [3.63, 3.8) is 0 Å². The number of methoxy groups -OCH3 is 1. The second-order valence-corrected chi connectivity index (χ2v) is 6.97. The first-order valence-electron chi connectivity index (χ1n) is 9.83. The number of halogens is 4. The molecule has 1 atom stereocenters. The summed E-state index contributed by atoms with van der Waals surface area (Å²) in [7, 11) is 3.34. The minimum atomic E-state index is -4.42. The van der Waals surface area contributed by atoms with Crippen molar-refractivity contribution in [1.82, 2.24) is 15.5 Å². The number of carbonyl (C=O) groups is 1. The number of hydrogen-bond acceptors (Lipinski definition) is 4. The first-order valence-corrected chi connectivity index (χ1v) is 9.83. The van der Waals surface area contributed by atoms with E-state index in [4.69, 9.17) is 9.47 Å². The highest BCUT2D eigenvalue weighted by Crippen LogP contribution is 2.29. The molecule has 0 aromatic heterocycles. The van der Waals surface area contributed by atoms with E-state index < -0.39 is 17.6 Å². The van der Waals surface area contributed by atoms with Crippen molar-refractivity contribution in [3.05, 3.63) is 35.4 Å². The van der Waals surface area contributed by atoms with E-state index in [2.05, 4.69) is 20.5 Å². The fraction of sp³-hybridized carbons (Fsp3) is 0.600. The maximum atomic E-state index is 12.6. The van der Waals surface area contributed by atoms with Crippen molar-refractivity contribution in [1.29, 1.82) is 0 Å². The molecule has 0 aliphatic carbocycles. The molecular formula is C20H30F3IN4O3. The van der Waals surface area contributed by atoms with Crippen LogP contribution >= 0.6 is 24.0 Å². The highest BCUT2D eigenvalue weighted by molar-refractivity contribution is 14.0. The maximum Gasteiger partial charge on any atom is 0.416 e. The van der Waals surface area contributed by atoms with Crippen LogP contribution in [-0.4, -0.2) is 76.9 Å². The number of guanidine groups is 1. The van der Waals surface area contributed by atoms with E-state index >= 15 is 0 Å². The molecule has 2 N–H and O–H groups in total. The molecule has 1 unspecified atom stereocenters. The fourth-order valence-corrected chi connectivity index (χ4v) is 3.15. The molecule has 1 aromatic carbocycles. The van der Waals surface area contributed by atoms with Gasteiger partial charge in [0.05, 0.1) is 25.4 Å². The van der Waals surface area contributed by atoms with Crippen molar-refractivity contribution in [2.45, 2.75) is 12.6 Å². The molecule has 11 heteroatoms. The average molecular weight is 558 g/mol. The van der Waals surface area contributed by atoms with Gasteiger partial charge in [0.1, 0.15) is 0 Å². The Morgan fingerprint density at radius 1 is 1.19 bits per heavy atom. The zero-order valence-electron chi connectivity index (χ0n) is 17.7. The number of ether oxygens (including phenoxy) is 2. The van der Waals surface area contributed by atoms with E-state index in [1.165, 1.54) is 12.1 Å². The van der Waals surface area contributed by atoms with Gasteiger partial charge in [-0.3, -0.25) is 9.79 Å². The molecule has 1 amide bonds. The smallest absolute Gasteiger partial charge is 0.382 e. The molecule has 0 saturated carbocycles. The number of amides is 1. The van der Waals surface area contributed by atoms with Gasteiger partial charge in [-0.1, -0.05) is 0 Å². The number of carbonyl (C=O) groups excluding carboxylic acids is 1. The number of nitrogens with zero attached hydrogens (tertiary/aromatic N) is 2. The summed E-state index contributed by atoms with van der Waals surface area (Å²) in [4.78, 5) is 18.5. The van der Waals surface area contributed by atoms with Crippen LogP contribution in [0.3, 0.4) is 0 Å². The Kier molecular flexibility index (Phi) is 12.2. The summed E-state index contributed by atoms with van der Waals surface area (Å²) < 4.78 is 48.3. The van der Waals surface area contributed by atoms with E-state index in [-0.39, 0.29) is 29.5 Å². The third-order valence-electron chi connectivity index (χ3n) is 4.75. The lowest BCUT2D eigenvalue weighted by Gasteiger charge is -2.22. The predicted molar refractivity (Wildman–Crippen MR) is 123 cm³/mol. The number of nitrogens with one attached hydrogen (secondary N) is 2. The first-order chi connectivity index (χ1) is 14.3. The number of hydrogen-bond donors (Lipinski definition) is 2. The molecule has 1 saturated heterocycles. The Morgan fingerprint density at radius 3 is 2.48 bits per heavy atom. The lowest BCUT2D eigenvalue weighted by molar-refractivity contribution is -0.137. The molecule has 0 bridgehead atoms. The van der Waals surface area contributed by atoms with Crippen LogP contribution in [0.5, 0.6) is 0 Å². The SMILES string of the molecule is CN=C(NCCNC(=O)c1ccc(C(F)(F)F)cc1)N1CCC(COCCOC)C1.I. The van der Waals surface area contributed by atoms with Gasteiger partial charge in [-0.05, 0) is 30.7 Å². The summed E-state index contributed by atoms with van der Waals surface area (Å²) in [5.74, 6) is 0.757. The molecule has 1 fully saturated rings. The largest absolute Gasteiger partial charge is 0.416 e. The summed E-state index contributed by atoms with van der Waals surface area (Å²) in [6.45, 7) is 4.32. The minimum Gasteiger partial charge on any atom is -0.382 e. The lowest BCUT2D eigenvalue weighted by Crippen LogP contribution is -2.43. The van der Waals surface area contributed by atoms with E-state index in [0.29, 0.717) is 38.8 Å². The number of rotatable bonds is 9. The normalized spacial score (nSPS) is 16.7. The van der Waals surface area contributed by atoms with Gasteiger partial charge >= 0.3 is 6.18 Å². The van der Waals surface area contributed by atoms with Crippen LogP contribution in [0.1, 0.15) is 22.3 Å². The lowest BCUT2D eigenvalue weighted by atomic mass is 10.1. The Hall–Kier alpha value is -1.60. The predicted octanol–water partition coefficient (Wildman–Crippen LogP) is 2.61. The topological polar surface area (TPSA) is 75.2 Å². The second kappa shape index (κ2) is 13.7. The summed E-state index contributed by atoms with van der Waals surface area (Å²) in [6.07, 6.45) is -3.40. The first kappa shape index (κ1) is 27.4. The van der Waals surface area contributed by atoms with Crippen LogP contribution in [-0.2, 0) is 15.7 Å². The molecule has 7 nitrogen and oxygen atoms in total. The Morgan fingerprint density at radius 2 is 1.87 bits per heavy atom.